The molecule has 0 bridgehead atoms. The molecule has 0 saturated heterocycles. The number of phenolic OH excluding ortho intramolecular Hbond substituents is 1. The van der Waals surface area contributed by atoms with Crippen molar-refractivity contribution in [2.24, 2.45) is 0 Å². The van der Waals surface area contributed by atoms with E-state index in [4.69, 9.17) is 9.47 Å². The highest BCUT2D eigenvalue weighted by Crippen LogP contribution is 2.35. The van der Waals surface area contributed by atoms with E-state index in [-0.39, 0.29) is 24.3 Å². The molecule has 192 valence electrons. The van der Waals surface area contributed by atoms with E-state index in [1.807, 2.05) is 6.07 Å². The van der Waals surface area contributed by atoms with E-state index in [0.717, 1.165) is 32.1 Å². The Hall–Kier alpha value is -4.07. The van der Waals surface area contributed by atoms with Gasteiger partial charge in [0, 0.05) is 11.7 Å². The van der Waals surface area contributed by atoms with Crippen LogP contribution in [0.25, 0.3) is 0 Å². The van der Waals surface area contributed by atoms with Gasteiger partial charge in [0.15, 0.2) is 11.5 Å². The number of ether oxygens (including phenoxy) is 2. The summed E-state index contributed by atoms with van der Waals surface area (Å²) in [6, 6.07) is 17.6. The van der Waals surface area contributed by atoms with E-state index >= 15 is 0 Å². The molecule has 0 radical (unpaired) electrons. The number of para-hydroxylation sites is 2. The molecule has 37 heavy (non-hydrogen) atoms. The van der Waals surface area contributed by atoms with Gasteiger partial charge in [0.2, 0.25) is 12.0 Å². The normalized spacial score (nSPS) is 18.0. The monoisotopic (exact) mass is 504 g/mol. The van der Waals surface area contributed by atoms with Crippen molar-refractivity contribution >= 4 is 17.5 Å². The number of anilines is 1. The average Bonchev–Trinajstić information content (AvgIpc) is 2.93. The van der Waals surface area contributed by atoms with Crippen LogP contribution in [0.15, 0.2) is 72.8 Å². The van der Waals surface area contributed by atoms with Crippen LogP contribution in [0.4, 0.5) is 10.1 Å². The van der Waals surface area contributed by atoms with E-state index in [1.54, 1.807) is 30.3 Å². The van der Waals surface area contributed by atoms with Gasteiger partial charge in [0.1, 0.15) is 24.2 Å². The summed E-state index contributed by atoms with van der Waals surface area (Å²) in [4.78, 5) is 29.3. The molecular formula is C29H29FN2O5. The zero-order valence-corrected chi connectivity index (χ0v) is 20.3. The van der Waals surface area contributed by atoms with Crippen molar-refractivity contribution in [1.82, 2.24) is 5.32 Å². The van der Waals surface area contributed by atoms with Crippen molar-refractivity contribution in [2.75, 3.05) is 11.5 Å². The van der Waals surface area contributed by atoms with Crippen LogP contribution in [0.3, 0.4) is 0 Å². The number of rotatable bonds is 6. The predicted octanol–water partition coefficient (Wildman–Crippen LogP) is 4.89. The number of hydrogen-bond donors (Lipinski definition) is 2. The second kappa shape index (κ2) is 10.9. The highest BCUT2D eigenvalue weighted by atomic mass is 19.1. The predicted molar refractivity (Wildman–Crippen MR) is 136 cm³/mol. The fourth-order valence-electron chi connectivity index (χ4n) is 4.90. The molecule has 1 saturated carbocycles. The van der Waals surface area contributed by atoms with Gasteiger partial charge >= 0.3 is 0 Å². The van der Waals surface area contributed by atoms with E-state index in [1.165, 1.54) is 41.3 Å². The first-order chi connectivity index (χ1) is 18.0. The third kappa shape index (κ3) is 5.53. The summed E-state index contributed by atoms with van der Waals surface area (Å²) in [5.41, 5.74) is 0.839. The summed E-state index contributed by atoms with van der Waals surface area (Å²) in [7, 11) is 0. The highest BCUT2D eigenvalue weighted by molar-refractivity contribution is 6.03. The van der Waals surface area contributed by atoms with E-state index < -0.39 is 23.9 Å². The summed E-state index contributed by atoms with van der Waals surface area (Å²) >= 11 is 0. The van der Waals surface area contributed by atoms with Gasteiger partial charge in [-0.2, -0.15) is 0 Å². The van der Waals surface area contributed by atoms with Crippen molar-refractivity contribution in [3.05, 3.63) is 84.2 Å². The second-order valence-corrected chi connectivity index (χ2v) is 9.39. The molecule has 0 spiro atoms. The summed E-state index contributed by atoms with van der Waals surface area (Å²) in [6.45, 7) is -0.0416. The summed E-state index contributed by atoms with van der Waals surface area (Å²) in [5.74, 6) is -0.319. The summed E-state index contributed by atoms with van der Waals surface area (Å²) in [6.07, 6.45) is 3.91. The van der Waals surface area contributed by atoms with Crippen LogP contribution in [0.1, 0.15) is 43.7 Å². The Morgan fingerprint density at radius 3 is 2.30 bits per heavy atom. The number of hydrogen-bond acceptors (Lipinski definition) is 5. The van der Waals surface area contributed by atoms with Crippen LogP contribution in [0.5, 0.6) is 17.2 Å². The molecular weight excluding hydrogens is 475 g/mol. The molecule has 7 nitrogen and oxygen atoms in total. The van der Waals surface area contributed by atoms with Crippen LogP contribution in [0.2, 0.25) is 0 Å². The molecule has 1 heterocycles. The minimum atomic E-state index is -1.08. The largest absolute Gasteiger partial charge is 0.508 e. The van der Waals surface area contributed by atoms with Gasteiger partial charge in [-0.3, -0.25) is 14.5 Å². The first-order valence-electron chi connectivity index (χ1n) is 12.6. The zero-order chi connectivity index (χ0) is 25.8. The van der Waals surface area contributed by atoms with Gasteiger partial charge in [0.05, 0.1) is 0 Å². The van der Waals surface area contributed by atoms with Gasteiger partial charge in [-0.05, 0) is 66.9 Å². The number of carbonyl (C=O) groups is 2. The first-order valence-corrected chi connectivity index (χ1v) is 12.6. The third-order valence-corrected chi connectivity index (χ3v) is 6.79. The molecule has 2 aliphatic rings. The first kappa shape index (κ1) is 24.6. The molecule has 3 aromatic carbocycles. The molecule has 2 N–H and O–H groups in total. The second-order valence-electron chi connectivity index (χ2n) is 9.39. The van der Waals surface area contributed by atoms with Gasteiger partial charge in [0.25, 0.3) is 5.91 Å². The zero-order valence-electron chi connectivity index (χ0n) is 20.3. The number of fused-ring (bicyclic) bond motifs is 1. The fraction of sp³-hybridized carbons (Fsp3) is 0.310. The quantitative estimate of drug-likeness (QED) is 0.499. The van der Waals surface area contributed by atoms with Crippen LogP contribution in [0, 0.1) is 5.82 Å². The van der Waals surface area contributed by atoms with Crippen LogP contribution >= 0.6 is 0 Å². The topological polar surface area (TPSA) is 88.1 Å². The molecule has 8 heteroatoms. The number of phenols is 1. The molecule has 0 aromatic heterocycles. The number of amides is 2. The van der Waals surface area contributed by atoms with E-state index in [9.17, 15) is 19.1 Å². The number of halogens is 1. The molecule has 2 unspecified atom stereocenters. The number of nitrogens with zero attached hydrogens (tertiary/aromatic N) is 1. The number of nitrogens with one attached hydrogen (secondary N) is 1. The van der Waals surface area contributed by atoms with Gasteiger partial charge in [-0.15, -0.1) is 0 Å². The van der Waals surface area contributed by atoms with Gasteiger partial charge < -0.3 is 19.9 Å². The number of aromatic hydroxyl groups is 1. The summed E-state index contributed by atoms with van der Waals surface area (Å²) in [5, 5.41) is 13.0. The Labute approximate surface area is 214 Å². The maximum atomic E-state index is 14.1. The Kier molecular flexibility index (Phi) is 7.25. The Bertz CT molecular complexity index is 1240. The molecule has 5 rings (SSSR count). The maximum Gasteiger partial charge on any atom is 0.272 e. The molecule has 2 amide bonds. The van der Waals surface area contributed by atoms with Crippen LogP contribution in [-0.4, -0.2) is 35.7 Å². The van der Waals surface area contributed by atoms with Crippen molar-refractivity contribution in [2.45, 2.75) is 50.3 Å². The third-order valence-electron chi connectivity index (χ3n) is 6.79. The SMILES string of the molecule is O=C(NC1CCCCC1)C(c1ccc(O)cc1)N(C(=O)C1COc2ccccc2O1)c1ccc(F)cc1. The highest BCUT2D eigenvalue weighted by Gasteiger charge is 2.39. The molecule has 2 atom stereocenters. The average molecular weight is 505 g/mol. The lowest BCUT2D eigenvalue weighted by atomic mass is 9.94. The van der Waals surface area contributed by atoms with Crippen molar-refractivity contribution in [3.8, 4) is 17.2 Å². The Morgan fingerprint density at radius 2 is 1.59 bits per heavy atom. The Morgan fingerprint density at radius 1 is 0.919 bits per heavy atom. The minimum absolute atomic E-state index is 0.00664. The van der Waals surface area contributed by atoms with Gasteiger partial charge in [-0.25, -0.2) is 4.39 Å². The number of benzene rings is 3. The lowest BCUT2D eigenvalue weighted by Gasteiger charge is -2.36. The maximum absolute atomic E-state index is 14.1. The van der Waals surface area contributed by atoms with Crippen molar-refractivity contribution < 1.29 is 28.6 Å². The van der Waals surface area contributed by atoms with Crippen molar-refractivity contribution in [1.29, 1.82) is 0 Å². The smallest absolute Gasteiger partial charge is 0.272 e. The standard InChI is InChI=1S/C29H29FN2O5/c30-20-12-14-22(15-13-20)32(29(35)26-18-36-24-8-4-5-9-25(24)37-26)27(19-10-16-23(33)17-11-19)28(34)31-21-6-2-1-3-7-21/h4-5,8-17,21,26-27,33H,1-3,6-7,18H2,(H,31,34). The van der Waals surface area contributed by atoms with Crippen LogP contribution in [-0.2, 0) is 9.59 Å². The van der Waals surface area contributed by atoms with Crippen molar-refractivity contribution in [3.63, 3.8) is 0 Å². The number of carbonyl (C=O) groups excluding carboxylic acids is 2. The molecule has 3 aromatic rings. The molecule has 1 aliphatic heterocycles. The van der Waals surface area contributed by atoms with E-state index in [2.05, 4.69) is 5.32 Å². The van der Waals surface area contributed by atoms with Crippen LogP contribution < -0.4 is 19.7 Å². The lowest BCUT2D eigenvalue weighted by molar-refractivity contribution is -0.132. The molecule has 1 aliphatic carbocycles. The minimum Gasteiger partial charge on any atom is -0.508 e. The lowest BCUT2D eigenvalue weighted by Crippen LogP contribution is -2.52. The van der Waals surface area contributed by atoms with E-state index in [0.29, 0.717) is 22.7 Å². The molecule has 1 fully saturated rings. The van der Waals surface area contributed by atoms with Gasteiger partial charge in [-0.1, -0.05) is 43.5 Å². The summed E-state index contributed by atoms with van der Waals surface area (Å²) < 4.78 is 25.6. The fourth-order valence-corrected chi connectivity index (χ4v) is 4.90. The Balaban J connectivity index is 1.54.